The van der Waals surface area contributed by atoms with Gasteiger partial charge in [0.2, 0.25) is 6.29 Å². The predicted molar refractivity (Wildman–Crippen MR) is 51.4 cm³/mol. The molecule has 0 aliphatic carbocycles. The molecule has 2 N–H and O–H groups in total. The Labute approximate surface area is 87.5 Å². The molecule has 0 aliphatic rings. The van der Waals surface area contributed by atoms with E-state index in [0.29, 0.717) is 6.42 Å². The Kier molecular flexibility index (Phi) is 5.88. The number of aliphatic hydroxyl groups is 2. The second-order valence-electron chi connectivity index (χ2n) is 3.08. The molecule has 3 nitrogen and oxygen atoms in total. The van der Waals surface area contributed by atoms with Gasteiger partial charge in [-0.15, -0.1) is 0 Å². The van der Waals surface area contributed by atoms with Gasteiger partial charge in [0.25, 0.3) is 0 Å². The van der Waals surface area contributed by atoms with Crippen molar-refractivity contribution in [1.29, 1.82) is 0 Å². The summed E-state index contributed by atoms with van der Waals surface area (Å²) in [6, 6.07) is 0. The van der Waals surface area contributed by atoms with Gasteiger partial charge in [0.15, 0.2) is 0 Å². The van der Waals surface area contributed by atoms with E-state index in [1.54, 1.807) is 6.92 Å². The molecule has 0 heterocycles. The maximum atomic E-state index is 13.1. The molecule has 0 fully saturated rings. The van der Waals surface area contributed by atoms with Crippen LogP contribution in [0.1, 0.15) is 20.3 Å². The fraction of sp³-hybridized carbons (Fsp3) is 1.00. The molecule has 0 rings (SSSR count). The summed E-state index contributed by atoms with van der Waals surface area (Å²) in [6.45, 7) is 2.90. The largest absolute Gasteiger partial charge is 0.367 e. The minimum atomic E-state index is -3.57. The van der Waals surface area contributed by atoms with Crippen LogP contribution in [0.25, 0.3) is 0 Å². The molecular formula is C8H16F2O3S. The first-order valence-electron chi connectivity index (χ1n) is 4.34. The molecule has 0 aromatic rings. The van der Waals surface area contributed by atoms with Crippen LogP contribution in [0.5, 0.6) is 0 Å². The number of rotatable bonds is 6. The van der Waals surface area contributed by atoms with Crippen molar-refractivity contribution < 1.29 is 23.7 Å². The van der Waals surface area contributed by atoms with E-state index >= 15 is 0 Å². The molecule has 6 heteroatoms. The van der Waals surface area contributed by atoms with Crippen LogP contribution >= 0.6 is 12.6 Å². The quantitative estimate of drug-likeness (QED) is 0.475. The molecule has 0 aromatic carbocycles. The van der Waals surface area contributed by atoms with E-state index in [4.69, 9.17) is 14.9 Å². The first-order valence-corrected chi connectivity index (χ1v) is 4.97. The van der Waals surface area contributed by atoms with Gasteiger partial charge < -0.3 is 14.9 Å². The van der Waals surface area contributed by atoms with Gasteiger partial charge in [-0.25, -0.2) is 8.78 Å². The summed E-state index contributed by atoms with van der Waals surface area (Å²) in [5, 5.41) is 17.0. The zero-order valence-electron chi connectivity index (χ0n) is 8.15. The summed E-state index contributed by atoms with van der Waals surface area (Å²) >= 11 is 3.76. The Bertz CT molecular complexity index is 167. The highest BCUT2D eigenvalue weighted by atomic mass is 32.1. The summed E-state index contributed by atoms with van der Waals surface area (Å²) in [6.07, 6.45) is -3.02. The fourth-order valence-corrected chi connectivity index (χ4v) is 1.39. The van der Waals surface area contributed by atoms with Crippen LogP contribution in [0.2, 0.25) is 0 Å². The van der Waals surface area contributed by atoms with E-state index < -0.39 is 24.2 Å². The fourth-order valence-electron chi connectivity index (χ4n) is 1.19. The highest BCUT2D eigenvalue weighted by molar-refractivity contribution is 7.80. The molecule has 0 saturated carbocycles. The Hall–Kier alpha value is 0.0900. The average Bonchev–Trinajstić information content (AvgIpc) is 2.12. The average molecular weight is 230 g/mol. The van der Waals surface area contributed by atoms with Gasteiger partial charge in [0.1, 0.15) is 0 Å². The molecule has 0 unspecified atom stereocenters. The lowest BCUT2D eigenvalue weighted by Gasteiger charge is -2.30. The third kappa shape index (κ3) is 3.34. The lowest BCUT2D eigenvalue weighted by Crippen LogP contribution is -2.45. The molecule has 2 atom stereocenters. The molecule has 0 aliphatic heterocycles. The molecule has 0 aromatic heterocycles. The van der Waals surface area contributed by atoms with Crippen molar-refractivity contribution in [2.24, 2.45) is 5.92 Å². The maximum Gasteiger partial charge on any atom is 0.302 e. The van der Waals surface area contributed by atoms with Crippen molar-refractivity contribution in [2.75, 3.05) is 5.94 Å². The first-order chi connectivity index (χ1) is 6.37. The van der Waals surface area contributed by atoms with Gasteiger partial charge in [-0.2, -0.15) is 12.6 Å². The van der Waals surface area contributed by atoms with Crippen LogP contribution in [0, 0.1) is 5.92 Å². The van der Waals surface area contributed by atoms with E-state index in [1.807, 2.05) is 0 Å². The highest BCUT2D eigenvalue weighted by Gasteiger charge is 2.46. The molecule has 0 radical (unpaired) electrons. The zero-order valence-corrected chi connectivity index (χ0v) is 9.05. The van der Waals surface area contributed by atoms with Crippen LogP contribution < -0.4 is 0 Å². The molecule has 0 amide bonds. The van der Waals surface area contributed by atoms with Crippen LogP contribution in [0.15, 0.2) is 0 Å². The Balaban J connectivity index is 4.47. The standard InChI is InChI=1S/C8H16F2O3S/c1-3-6(13-4-14)5(2)8(9,10)7(11)12/h5-7,11-12,14H,3-4H2,1-2H3/t5-,6-/m1/s1. The molecule has 0 spiro atoms. The van der Waals surface area contributed by atoms with Crippen LogP contribution in [0.3, 0.4) is 0 Å². The summed E-state index contributed by atoms with van der Waals surface area (Å²) < 4.78 is 31.1. The minimum absolute atomic E-state index is 0.0282. The summed E-state index contributed by atoms with van der Waals surface area (Å²) in [5.74, 6) is -4.80. The van der Waals surface area contributed by atoms with Gasteiger partial charge >= 0.3 is 5.92 Å². The third-order valence-corrected chi connectivity index (χ3v) is 2.35. The number of hydrogen-bond acceptors (Lipinski definition) is 4. The van der Waals surface area contributed by atoms with Gasteiger partial charge in [0.05, 0.1) is 18.0 Å². The van der Waals surface area contributed by atoms with Gasteiger partial charge in [-0.3, -0.25) is 0 Å². The first kappa shape index (κ1) is 14.1. The highest BCUT2D eigenvalue weighted by Crippen LogP contribution is 2.32. The molecule has 0 saturated heterocycles. The zero-order chi connectivity index (χ0) is 11.4. The van der Waals surface area contributed by atoms with Crippen molar-refractivity contribution in [3.05, 3.63) is 0 Å². The van der Waals surface area contributed by atoms with Crippen molar-refractivity contribution in [3.8, 4) is 0 Å². The van der Waals surface area contributed by atoms with E-state index in [9.17, 15) is 8.78 Å². The third-order valence-electron chi connectivity index (χ3n) is 2.20. The molecule has 86 valence electrons. The minimum Gasteiger partial charge on any atom is -0.367 e. The lowest BCUT2D eigenvalue weighted by molar-refractivity contribution is -0.246. The number of hydrogen-bond donors (Lipinski definition) is 3. The second-order valence-corrected chi connectivity index (χ2v) is 3.34. The topological polar surface area (TPSA) is 49.7 Å². The van der Waals surface area contributed by atoms with Gasteiger partial charge in [-0.1, -0.05) is 13.8 Å². The van der Waals surface area contributed by atoms with E-state index in [-0.39, 0.29) is 5.94 Å². The normalized spacial score (nSPS) is 17.1. The Morgan fingerprint density at radius 1 is 1.43 bits per heavy atom. The molecule has 14 heavy (non-hydrogen) atoms. The molecule has 0 bridgehead atoms. The predicted octanol–water partition coefficient (Wildman–Crippen LogP) is 1.25. The smallest absolute Gasteiger partial charge is 0.302 e. The van der Waals surface area contributed by atoms with E-state index in [2.05, 4.69) is 12.6 Å². The van der Waals surface area contributed by atoms with Gasteiger partial charge in [0, 0.05) is 0 Å². The Morgan fingerprint density at radius 2 is 1.93 bits per heavy atom. The van der Waals surface area contributed by atoms with Crippen molar-refractivity contribution >= 4 is 12.6 Å². The van der Waals surface area contributed by atoms with Crippen molar-refractivity contribution in [3.63, 3.8) is 0 Å². The number of ether oxygens (including phenoxy) is 1. The number of alkyl halides is 2. The Morgan fingerprint density at radius 3 is 2.21 bits per heavy atom. The number of thiol groups is 1. The van der Waals surface area contributed by atoms with Gasteiger partial charge in [-0.05, 0) is 6.42 Å². The van der Waals surface area contributed by atoms with Crippen molar-refractivity contribution in [1.82, 2.24) is 0 Å². The lowest BCUT2D eigenvalue weighted by atomic mass is 9.95. The summed E-state index contributed by atoms with van der Waals surface area (Å²) in [7, 11) is 0. The summed E-state index contributed by atoms with van der Waals surface area (Å²) in [4.78, 5) is 0. The monoisotopic (exact) mass is 230 g/mol. The second kappa shape index (κ2) is 5.85. The van der Waals surface area contributed by atoms with Crippen LogP contribution in [-0.2, 0) is 4.74 Å². The van der Waals surface area contributed by atoms with Crippen LogP contribution in [-0.4, -0.2) is 34.5 Å². The maximum absolute atomic E-state index is 13.1. The van der Waals surface area contributed by atoms with E-state index in [0.717, 1.165) is 0 Å². The molecular weight excluding hydrogens is 214 g/mol. The van der Waals surface area contributed by atoms with E-state index in [1.165, 1.54) is 6.92 Å². The van der Waals surface area contributed by atoms with Crippen molar-refractivity contribution in [2.45, 2.75) is 38.6 Å². The SMILES string of the molecule is CC[C@@H](OCS)[C@@H](C)C(F)(F)C(O)O. The number of aliphatic hydroxyl groups excluding tert-OH is 1. The number of halogens is 2. The summed E-state index contributed by atoms with van der Waals surface area (Å²) in [5.41, 5.74) is 0. The van der Waals surface area contributed by atoms with Crippen LogP contribution in [0.4, 0.5) is 8.78 Å².